The van der Waals surface area contributed by atoms with Crippen LogP contribution in [0.5, 0.6) is 0 Å². The maximum absolute atomic E-state index is 13.2. The van der Waals surface area contributed by atoms with Crippen molar-refractivity contribution in [3.8, 4) is 0 Å². The van der Waals surface area contributed by atoms with Crippen LogP contribution in [0.2, 0.25) is 5.02 Å². The number of aromatic nitrogens is 1. The summed E-state index contributed by atoms with van der Waals surface area (Å²) >= 11 is 7.56. The Kier molecular flexibility index (Phi) is 7.59. The maximum Gasteiger partial charge on any atom is 0.262 e. The monoisotopic (exact) mass is 528 g/mol. The van der Waals surface area contributed by atoms with Gasteiger partial charge in [0.15, 0.2) is 0 Å². The highest BCUT2D eigenvalue weighted by Gasteiger charge is 2.48. The van der Waals surface area contributed by atoms with Crippen molar-refractivity contribution in [1.82, 2.24) is 15.6 Å². The molecule has 2 aromatic rings. The van der Waals surface area contributed by atoms with Crippen LogP contribution in [0.3, 0.4) is 0 Å². The van der Waals surface area contributed by atoms with Gasteiger partial charge in [0.2, 0.25) is 5.91 Å². The van der Waals surface area contributed by atoms with Gasteiger partial charge in [0.05, 0.1) is 27.3 Å². The number of thiophene rings is 1. The van der Waals surface area contributed by atoms with Crippen LogP contribution in [0.15, 0.2) is 24.4 Å². The van der Waals surface area contributed by atoms with Crippen LogP contribution in [0.4, 0.5) is 5.69 Å². The molecule has 2 aromatic heterocycles. The summed E-state index contributed by atoms with van der Waals surface area (Å²) in [6, 6.07) is 5.48. The molecule has 1 spiro atoms. The van der Waals surface area contributed by atoms with Crippen molar-refractivity contribution in [3.63, 3.8) is 0 Å². The quantitative estimate of drug-likeness (QED) is 0.351. The largest absolute Gasteiger partial charge is 0.376 e. The molecule has 0 aromatic carbocycles. The molecule has 5 rings (SSSR count). The van der Waals surface area contributed by atoms with E-state index in [1.54, 1.807) is 6.20 Å². The minimum absolute atomic E-state index is 0.00876. The van der Waals surface area contributed by atoms with Crippen LogP contribution in [0.1, 0.15) is 97.4 Å². The Labute approximate surface area is 223 Å². The summed E-state index contributed by atoms with van der Waals surface area (Å²) in [4.78, 5) is 32.4. The fraction of sp³-hybridized carbons (Fsp3) is 0.607. The van der Waals surface area contributed by atoms with Crippen LogP contribution in [0.25, 0.3) is 0 Å². The zero-order valence-electron chi connectivity index (χ0n) is 21.2. The lowest BCUT2D eigenvalue weighted by Crippen LogP contribution is -2.57. The van der Waals surface area contributed by atoms with E-state index < -0.39 is 6.04 Å². The number of aryl methyl sites for hydroxylation is 1. The molecule has 0 unspecified atom stereocenters. The van der Waals surface area contributed by atoms with Gasteiger partial charge in [-0.05, 0) is 75.5 Å². The highest BCUT2D eigenvalue weighted by molar-refractivity contribution is 7.14. The van der Waals surface area contributed by atoms with Gasteiger partial charge in [-0.1, -0.05) is 43.7 Å². The Morgan fingerprint density at radius 2 is 1.94 bits per heavy atom. The first-order chi connectivity index (χ1) is 17.3. The smallest absolute Gasteiger partial charge is 0.262 e. The SMILES string of the molecule is Cc1ncc(Cl)cc1N[C@@H](C)c1ccc(C(=O)N[C@@H](CC2CCCC2)C(=O)NC2CC3(CCC3)C2)s1. The van der Waals surface area contributed by atoms with E-state index in [1.165, 1.54) is 43.4 Å². The topological polar surface area (TPSA) is 83.1 Å². The predicted molar refractivity (Wildman–Crippen MR) is 146 cm³/mol. The number of carbonyl (C=O) groups excluding carboxylic acids is 2. The van der Waals surface area contributed by atoms with Gasteiger partial charge in [-0.25, -0.2) is 0 Å². The molecule has 3 N–H and O–H groups in total. The Bertz CT molecular complexity index is 1100. The van der Waals surface area contributed by atoms with Gasteiger partial charge in [0.1, 0.15) is 6.04 Å². The second-order valence-electron chi connectivity index (χ2n) is 11.2. The molecule has 2 atom stereocenters. The molecular formula is C28H37ClN4O2S. The molecule has 6 nitrogen and oxygen atoms in total. The van der Waals surface area contributed by atoms with Crippen molar-refractivity contribution < 1.29 is 9.59 Å². The third kappa shape index (κ3) is 5.72. The second-order valence-corrected chi connectivity index (χ2v) is 12.8. The number of nitrogens with zero attached hydrogens (tertiary/aromatic N) is 1. The van der Waals surface area contributed by atoms with Crippen LogP contribution in [-0.2, 0) is 4.79 Å². The lowest BCUT2D eigenvalue weighted by molar-refractivity contribution is -0.126. The summed E-state index contributed by atoms with van der Waals surface area (Å²) < 4.78 is 0. The first-order valence-electron chi connectivity index (χ1n) is 13.4. The van der Waals surface area contributed by atoms with E-state index in [4.69, 9.17) is 11.6 Å². The highest BCUT2D eigenvalue weighted by atomic mass is 35.5. The molecule has 194 valence electrons. The lowest BCUT2D eigenvalue weighted by atomic mass is 9.54. The second kappa shape index (κ2) is 10.7. The molecule has 3 fully saturated rings. The molecule has 2 heterocycles. The summed E-state index contributed by atoms with van der Waals surface area (Å²) in [6.45, 7) is 3.99. The molecule has 0 bridgehead atoms. The number of hydrogen-bond acceptors (Lipinski definition) is 5. The summed E-state index contributed by atoms with van der Waals surface area (Å²) in [5.41, 5.74) is 2.26. The van der Waals surface area contributed by atoms with Crippen molar-refractivity contribution in [1.29, 1.82) is 0 Å². The number of carbonyl (C=O) groups is 2. The first-order valence-corrected chi connectivity index (χ1v) is 14.6. The van der Waals surface area contributed by atoms with Crippen molar-refractivity contribution in [2.75, 3.05) is 5.32 Å². The summed E-state index contributed by atoms with van der Waals surface area (Å²) in [5, 5.41) is 10.4. The Balaban J connectivity index is 1.21. The fourth-order valence-corrected chi connectivity index (χ4v) is 7.25. The van der Waals surface area contributed by atoms with Crippen LogP contribution < -0.4 is 16.0 Å². The Morgan fingerprint density at radius 3 is 2.64 bits per heavy atom. The number of hydrogen-bond donors (Lipinski definition) is 3. The predicted octanol–water partition coefficient (Wildman–Crippen LogP) is 6.41. The fourth-order valence-electron chi connectivity index (χ4n) is 6.18. The van der Waals surface area contributed by atoms with Crippen LogP contribution in [0, 0.1) is 18.3 Å². The number of amides is 2. The zero-order valence-corrected chi connectivity index (χ0v) is 22.8. The molecule has 0 aliphatic heterocycles. The van der Waals surface area contributed by atoms with Gasteiger partial charge in [0, 0.05) is 17.1 Å². The van der Waals surface area contributed by atoms with E-state index in [0.717, 1.165) is 48.4 Å². The van der Waals surface area contributed by atoms with Gasteiger partial charge >= 0.3 is 0 Å². The van der Waals surface area contributed by atoms with E-state index in [2.05, 4.69) is 27.9 Å². The van der Waals surface area contributed by atoms with Crippen molar-refractivity contribution in [3.05, 3.63) is 44.9 Å². The van der Waals surface area contributed by atoms with E-state index in [-0.39, 0.29) is 23.9 Å². The Morgan fingerprint density at radius 1 is 1.19 bits per heavy atom. The standard InChI is InChI=1S/C28H37ClN4O2S/c1-17-22(13-20(29)16-30-17)31-18(2)24-8-9-25(36-24)27(35)33-23(12-19-6-3-4-7-19)26(34)32-21-14-28(15-21)10-5-11-28/h8-9,13,16,18-19,21,23,31H,3-7,10-12,14-15H2,1-2H3,(H,32,34)(H,33,35)/t18-,23-/m0/s1. The Hall–Kier alpha value is -2.12. The minimum Gasteiger partial charge on any atom is -0.376 e. The molecule has 36 heavy (non-hydrogen) atoms. The molecule has 8 heteroatoms. The zero-order chi connectivity index (χ0) is 25.3. The summed E-state index contributed by atoms with van der Waals surface area (Å²) in [7, 11) is 0. The minimum atomic E-state index is -0.472. The van der Waals surface area contributed by atoms with Crippen LogP contribution in [-0.4, -0.2) is 28.9 Å². The average Bonchev–Trinajstić information content (AvgIpc) is 3.49. The van der Waals surface area contributed by atoms with E-state index in [1.807, 2.05) is 25.1 Å². The molecule has 3 aliphatic carbocycles. The normalized spacial score (nSPS) is 20.9. The number of nitrogens with one attached hydrogen (secondary N) is 3. The molecular weight excluding hydrogens is 492 g/mol. The summed E-state index contributed by atoms with van der Waals surface area (Å²) in [6.07, 6.45) is 13.2. The number of pyridine rings is 1. The maximum atomic E-state index is 13.2. The first kappa shape index (κ1) is 25.5. The van der Waals surface area contributed by atoms with Gasteiger partial charge in [-0.3, -0.25) is 14.6 Å². The van der Waals surface area contributed by atoms with Crippen molar-refractivity contribution in [2.24, 2.45) is 11.3 Å². The van der Waals surface area contributed by atoms with Crippen molar-refractivity contribution in [2.45, 2.75) is 96.2 Å². The molecule has 0 saturated heterocycles. The van der Waals surface area contributed by atoms with Gasteiger partial charge in [-0.15, -0.1) is 11.3 Å². The molecule has 3 saturated carbocycles. The van der Waals surface area contributed by atoms with Gasteiger partial charge in [-0.2, -0.15) is 0 Å². The van der Waals surface area contributed by atoms with E-state index in [0.29, 0.717) is 21.2 Å². The van der Waals surface area contributed by atoms with Crippen LogP contribution >= 0.6 is 22.9 Å². The van der Waals surface area contributed by atoms with Gasteiger partial charge in [0.25, 0.3) is 5.91 Å². The third-order valence-electron chi connectivity index (χ3n) is 8.49. The average molecular weight is 529 g/mol. The van der Waals surface area contributed by atoms with E-state index >= 15 is 0 Å². The summed E-state index contributed by atoms with van der Waals surface area (Å²) in [5.74, 6) is 0.338. The number of rotatable bonds is 9. The molecule has 3 aliphatic rings. The third-order valence-corrected chi connectivity index (χ3v) is 9.96. The lowest BCUT2D eigenvalue weighted by Gasteiger charge is -2.54. The highest BCUT2D eigenvalue weighted by Crippen LogP contribution is 2.55. The van der Waals surface area contributed by atoms with E-state index in [9.17, 15) is 9.59 Å². The molecule has 2 amide bonds. The number of halogens is 1. The molecule has 0 radical (unpaired) electrons. The van der Waals surface area contributed by atoms with Gasteiger partial charge < -0.3 is 16.0 Å². The van der Waals surface area contributed by atoms with Crippen molar-refractivity contribution >= 4 is 40.4 Å². The number of anilines is 1.